The van der Waals surface area contributed by atoms with Gasteiger partial charge in [0.05, 0.1) is 23.4 Å². The SMILES string of the molecule is CN(Cc1cn(-c2ccccc2)nc1-c1ccccc1)Cn1nnc2ccccc2c1=O. The fourth-order valence-corrected chi connectivity index (χ4v) is 3.76. The average Bonchev–Trinajstić information content (AvgIpc) is 3.26. The third-order valence-corrected chi connectivity index (χ3v) is 5.30. The standard InChI is InChI=1S/C25H22N6O/c1-29(18-31-25(32)22-14-8-9-15-23(22)26-28-31)16-20-17-30(21-12-6-3-7-13-21)27-24(20)19-10-4-2-5-11-19/h2-15,17H,16,18H2,1H3. The highest BCUT2D eigenvalue weighted by atomic mass is 16.1. The number of aromatic nitrogens is 5. The first kappa shape index (κ1) is 19.8. The molecule has 5 aromatic rings. The zero-order valence-electron chi connectivity index (χ0n) is 17.7. The predicted molar refractivity (Wildman–Crippen MR) is 124 cm³/mol. The number of hydrogen-bond donors (Lipinski definition) is 0. The first-order valence-electron chi connectivity index (χ1n) is 10.4. The Morgan fingerprint density at radius 3 is 2.34 bits per heavy atom. The predicted octanol–water partition coefficient (Wildman–Crippen LogP) is 3.73. The molecule has 32 heavy (non-hydrogen) atoms. The Labute approximate surface area is 185 Å². The molecule has 7 heteroatoms. The summed E-state index contributed by atoms with van der Waals surface area (Å²) in [6.07, 6.45) is 2.04. The molecule has 0 aliphatic rings. The highest BCUT2D eigenvalue weighted by Crippen LogP contribution is 2.24. The van der Waals surface area contributed by atoms with Crippen molar-refractivity contribution in [1.29, 1.82) is 0 Å². The molecule has 0 spiro atoms. The van der Waals surface area contributed by atoms with Crippen LogP contribution in [0.4, 0.5) is 0 Å². The second-order valence-electron chi connectivity index (χ2n) is 7.72. The summed E-state index contributed by atoms with van der Waals surface area (Å²) in [4.78, 5) is 14.8. The highest BCUT2D eigenvalue weighted by Gasteiger charge is 2.15. The third-order valence-electron chi connectivity index (χ3n) is 5.30. The molecule has 0 unspecified atom stereocenters. The topological polar surface area (TPSA) is 68.8 Å². The lowest BCUT2D eigenvalue weighted by Crippen LogP contribution is -2.32. The molecule has 0 saturated heterocycles. The number of rotatable bonds is 6. The Morgan fingerprint density at radius 2 is 1.56 bits per heavy atom. The van der Waals surface area contributed by atoms with E-state index in [1.54, 1.807) is 12.1 Å². The van der Waals surface area contributed by atoms with E-state index in [-0.39, 0.29) is 5.56 Å². The van der Waals surface area contributed by atoms with Gasteiger partial charge in [0, 0.05) is 23.9 Å². The molecule has 2 aromatic heterocycles. The summed E-state index contributed by atoms with van der Waals surface area (Å²) < 4.78 is 3.29. The zero-order chi connectivity index (χ0) is 21.9. The van der Waals surface area contributed by atoms with Crippen molar-refractivity contribution in [3.8, 4) is 16.9 Å². The molecular formula is C25H22N6O. The summed E-state index contributed by atoms with van der Waals surface area (Å²) in [6.45, 7) is 0.916. The van der Waals surface area contributed by atoms with Crippen molar-refractivity contribution in [1.82, 2.24) is 29.7 Å². The van der Waals surface area contributed by atoms with Gasteiger partial charge >= 0.3 is 0 Å². The summed E-state index contributed by atoms with van der Waals surface area (Å²) in [7, 11) is 1.96. The van der Waals surface area contributed by atoms with Gasteiger partial charge in [-0.25, -0.2) is 4.68 Å². The fourth-order valence-electron chi connectivity index (χ4n) is 3.76. The van der Waals surface area contributed by atoms with Gasteiger partial charge in [-0.15, -0.1) is 5.10 Å². The molecule has 0 atom stereocenters. The molecule has 5 rings (SSSR count). The molecular weight excluding hydrogens is 400 g/mol. The molecule has 0 N–H and O–H groups in total. The van der Waals surface area contributed by atoms with Crippen LogP contribution in [0.25, 0.3) is 27.8 Å². The monoisotopic (exact) mass is 422 g/mol. The molecule has 3 aromatic carbocycles. The van der Waals surface area contributed by atoms with Gasteiger partial charge in [0.15, 0.2) is 0 Å². The summed E-state index contributed by atoms with van der Waals surface area (Å²) in [6, 6.07) is 27.4. The molecule has 0 radical (unpaired) electrons. The van der Waals surface area contributed by atoms with E-state index in [1.807, 2.05) is 83.5 Å². The van der Waals surface area contributed by atoms with Crippen molar-refractivity contribution in [2.45, 2.75) is 13.2 Å². The van der Waals surface area contributed by atoms with Gasteiger partial charge in [-0.2, -0.15) is 9.78 Å². The summed E-state index contributed by atoms with van der Waals surface area (Å²) in [5, 5.41) is 13.7. The van der Waals surface area contributed by atoms with Gasteiger partial charge in [-0.1, -0.05) is 65.9 Å². The molecule has 0 aliphatic carbocycles. The van der Waals surface area contributed by atoms with Crippen molar-refractivity contribution >= 4 is 10.9 Å². The molecule has 0 aliphatic heterocycles. The maximum atomic E-state index is 12.8. The first-order chi connectivity index (χ1) is 15.7. The quantitative estimate of drug-likeness (QED) is 0.417. The summed E-state index contributed by atoms with van der Waals surface area (Å²) in [5.74, 6) is 0. The molecule has 7 nitrogen and oxygen atoms in total. The van der Waals surface area contributed by atoms with Crippen LogP contribution < -0.4 is 5.56 Å². The lowest BCUT2D eigenvalue weighted by atomic mass is 10.1. The molecule has 0 saturated carbocycles. The minimum atomic E-state index is -0.147. The van der Waals surface area contributed by atoms with Gasteiger partial charge in [-0.3, -0.25) is 9.69 Å². The van der Waals surface area contributed by atoms with Gasteiger partial charge in [0.25, 0.3) is 5.56 Å². The fraction of sp³-hybridized carbons (Fsp3) is 0.120. The maximum Gasteiger partial charge on any atom is 0.278 e. The van der Waals surface area contributed by atoms with E-state index in [1.165, 1.54) is 4.68 Å². The zero-order valence-corrected chi connectivity index (χ0v) is 17.7. The van der Waals surface area contributed by atoms with Gasteiger partial charge in [-0.05, 0) is 31.3 Å². The number of para-hydroxylation sites is 1. The Hall–Kier alpha value is -4.10. The van der Waals surface area contributed by atoms with Gasteiger partial charge in [0.2, 0.25) is 0 Å². The van der Waals surface area contributed by atoms with E-state index >= 15 is 0 Å². The molecule has 0 amide bonds. The second-order valence-corrected chi connectivity index (χ2v) is 7.72. The summed E-state index contributed by atoms with van der Waals surface area (Å²) >= 11 is 0. The van der Waals surface area contributed by atoms with E-state index in [0.29, 0.717) is 24.1 Å². The van der Waals surface area contributed by atoms with Crippen LogP contribution in [-0.4, -0.2) is 36.7 Å². The van der Waals surface area contributed by atoms with Crippen LogP contribution in [0.5, 0.6) is 0 Å². The molecule has 0 fully saturated rings. The van der Waals surface area contributed by atoms with E-state index in [4.69, 9.17) is 5.10 Å². The minimum Gasteiger partial charge on any atom is -0.283 e. The van der Waals surface area contributed by atoms with E-state index in [2.05, 4.69) is 22.4 Å². The van der Waals surface area contributed by atoms with Gasteiger partial charge in [0.1, 0.15) is 5.52 Å². The van der Waals surface area contributed by atoms with E-state index in [9.17, 15) is 4.79 Å². The van der Waals surface area contributed by atoms with Crippen molar-refractivity contribution in [3.05, 3.63) is 107 Å². The Morgan fingerprint density at radius 1 is 0.875 bits per heavy atom. The summed E-state index contributed by atoms with van der Waals surface area (Å²) in [5.41, 5.74) is 4.48. The van der Waals surface area contributed by atoms with Crippen LogP contribution in [-0.2, 0) is 13.2 Å². The Balaban J connectivity index is 1.46. The van der Waals surface area contributed by atoms with Crippen LogP contribution in [0.3, 0.4) is 0 Å². The number of fused-ring (bicyclic) bond motifs is 1. The van der Waals surface area contributed by atoms with Crippen LogP contribution in [0.15, 0.2) is 95.9 Å². The largest absolute Gasteiger partial charge is 0.283 e. The van der Waals surface area contributed by atoms with E-state index < -0.39 is 0 Å². The molecule has 2 heterocycles. The smallest absolute Gasteiger partial charge is 0.278 e. The lowest BCUT2D eigenvalue weighted by Gasteiger charge is -2.17. The van der Waals surface area contributed by atoms with Crippen LogP contribution in [0.2, 0.25) is 0 Å². The average molecular weight is 422 g/mol. The van der Waals surface area contributed by atoms with Crippen LogP contribution >= 0.6 is 0 Å². The number of nitrogens with zero attached hydrogens (tertiary/aromatic N) is 6. The van der Waals surface area contributed by atoms with Crippen LogP contribution in [0, 0.1) is 0 Å². The Kier molecular flexibility index (Phi) is 5.31. The van der Waals surface area contributed by atoms with Crippen molar-refractivity contribution < 1.29 is 0 Å². The second kappa shape index (κ2) is 8.56. The van der Waals surface area contributed by atoms with Crippen molar-refractivity contribution in [2.75, 3.05) is 7.05 Å². The van der Waals surface area contributed by atoms with Crippen molar-refractivity contribution in [3.63, 3.8) is 0 Å². The van der Waals surface area contributed by atoms with E-state index in [0.717, 1.165) is 22.5 Å². The lowest BCUT2D eigenvalue weighted by molar-refractivity contribution is 0.237. The first-order valence-corrected chi connectivity index (χ1v) is 10.4. The van der Waals surface area contributed by atoms with Crippen molar-refractivity contribution in [2.24, 2.45) is 0 Å². The molecule has 158 valence electrons. The maximum absolute atomic E-state index is 12.8. The number of benzene rings is 3. The normalized spacial score (nSPS) is 11.3. The minimum absolute atomic E-state index is 0.147. The third kappa shape index (κ3) is 3.93. The van der Waals surface area contributed by atoms with Gasteiger partial charge < -0.3 is 0 Å². The Bertz CT molecular complexity index is 1410. The molecule has 0 bridgehead atoms. The number of hydrogen-bond acceptors (Lipinski definition) is 5. The highest BCUT2D eigenvalue weighted by molar-refractivity contribution is 5.76. The van der Waals surface area contributed by atoms with Crippen LogP contribution in [0.1, 0.15) is 5.56 Å².